The molecule has 0 unspecified atom stereocenters. The Kier molecular flexibility index (Phi) is 4.32. The molecule has 1 aliphatic rings. The summed E-state index contributed by atoms with van der Waals surface area (Å²) in [6.45, 7) is 5.99. The molecule has 1 atom stereocenters. The van der Waals surface area contributed by atoms with Crippen molar-refractivity contribution in [2.24, 2.45) is 5.92 Å². The minimum absolute atomic E-state index is 0.0965. The molecule has 1 fully saturated rings. The molecule has 150 valence electrons. The van der Waals surface area contributed by atoms with E-state index in [1.807, 2.05) is 18.4 Å². The predicted molar refractivity (Wildman–Crippen MR) is 113 cm³/mol. The van der Waals surface area contributed by atoms with E-state index in [0.29, 0.717) is 5.92 Å². The highest BCUT2D eigenvalue weighted by atomic mass is 32.2. The molecule has 0 saturated carbocycles. The molecule has 29 heavy (non-hydrogen) atoms. The fourth-order valence-electron chi connectivity index (χ4n) is 3.91. The van der Waals surface area contributed by atoms with E-state index in [1.54, 1.807) is 40.1 Å². The highest BCUT2D eigenvalue weighted by Crippen LogP contribution is 2.34. The van der Waals surface area contributed by atoms with Crippen molar-refractivity contribution in [3.63, 3.8) is 0 Å². The highest BCUT2D eigenvalue weighted by molar-refractivity contribution is 7.91. The molecule has 1 saturated heterocycles. The van der Waals surface area contributed by atoms with Crippen LogP contribution in [0.15, 0.2) is 45.6 Å². The number of aromatic nitrogens is 4. The Morgan fingerprint density at radius 1 is 1.17 bits per heavy atom. The first-order valence-corrected chi connectivity index (χ1v) is 12.0. The quantitative estimate of drug-likeness (QED) is 0.496. The maximum atomic E-state index is 13.3. The van der Waals surface area contributed by atoms with Gasteiger partial charge < -0.3 is 4.90 Å². The fraction of sp³-hybridized carbons (Fsp3) is 0.350. The van der Waals surface area contributed by atoms with E-state index >= 15 is 0 Å². The molecule has 0 bridgehead atoms. The molecule has 4 aromatic rings. The zero-order valence-electron chi connectivity index (χ0n) is 16.2. The number of hydrogen-bond donors (Lipinski definition) is 0. The Bertz CT molecular complexity index is 1310. The van der Waals surface area contributed by atoms with E-state index in [4.69, 9.17) is 4.98 Å². The summed E-state index contributed by atoms with van der Waals surface area (Å²) in [5.74, 6) is 1.41. The molecule has 9 heteroatoms. The van der Waals surface area contributed by atoms with Gasteiger partial charge in [-0.3, -0.25) is 0 Å². The second kappa shape index (κ2) is 6.77. The third-order valence-corrected chi connectivity index (χ3v) is 8.01. The number of thiophene rings is 1. The first-order valence-electron chi connectivity index (χ1n) is 9.64. The number of benzene rings is 1. The molecule has 3 aromatic heterocycles. The molecular weight excluding hydrogens is 406 g/mol. The molecular formula is C20H21N5O2S2. The number of sulfone groups is 1. The van der Waals surface area contributed by atoms with Gasteiger partial charge in [-0.05, 0) is 49.3 Å². The zero-order valence-corrected chi connectivity index (χ0v) is 17.9. The summed E-state index contributed by atoms with van der Waals surface area (Å²) in [7, 11) is -3.82. The van der Waals surface area contributed by atoms with Crippen molar-refractivity contribution in [1.82, 2.24) is 19.8 Å². The smallest absolute Gasteiger partial charge is 0.229 e. The van der Waals surface area contributed by atoms with Gasteiger partial charge in [0, 0.05) is 13.1 Å². The molecule has 0 aliphatic carbocycles. The van der Waals surface area contributed by atoms with Gasteiger partial charge in [0.05, 0.1) is 15.1 Å². The van der Waals surface area contributed by atoms with E-state index in [2.05, 4.69) is 22.1 Å². The zero-order chi connectivity index (χ0) is 20.2. The Morgan fingerprint density at radius 2 is 1.97 bits per heavy atom. The Labute approximate surface area is 172 Å². The van der Waals surface area contributed by atoms with Crippen LogP contribution in [0.25, 0.3) is 15.9 Å². The summed E-state index contributed by atoms with van der Waals surface area (Å²) >= 11 is 1.60. The van der Waals surface area contributed by atoms with Gasteiger partial charge in [-0.25, -0.2) is 13.4 Å². The van der Waals surface area contributed by atoms with Crippen LogP contribution >= 0.6 is 11.3 Å². The van der Waals surface area contributed by atoms with Crippen LogP contribution < -0.4 is 4.90 Å². The van der Waals surface area contributed by atoms with Crippen LogP contribution in [-0.4, -0.2) is 41.3 Å². The molecule has 0 radical (unpaired) electrons. The Hall–Kier alpha value is -2.52. The first kappa shape index (κ1) is 18.5. The number of hydrogen-bond acceptors (Lipinski definition) is 7. The summed E-state index contributed by atoms with van der Waals surface area (Å²) in [6, 6.07) is 8.72. The third kappa shape index (κ3) is 3.00. The van der Waals surface area contributed by atoms with Crippen molar-refractivity contribution in [1.29, 1.82) is 0 Å². The molecule has 7 nitrogen and oxygen atoms in total. The molecule has 1 aromatic carbocycles. The minimum Gasteiger partial charge on any atom is -0.355 e. The van der Waals surface area contributed by atoms with Crippen LogP contribution in [0.4, 0.5) is 5.82 Å². The topological polar surface area (TPSA) is 80.5 Å². The van der Waals surface area contributed by atoms with Crippen molar-refractivity contribution in [3.8, 4) is 0 Å². The van der Waals surface area contributed by atoms with E-state index in [1.165, 1.54) is 6.42 Å². The van der Waals surface area contributed by atoms with E-state index in [-0.39, 0.29) is 15.6 Å². The van der Waals surface area contributed by atoms with Gasteiger partial charge in [-0.15, -0.1) is 16.4 Å². The Morgan fingerprint density at radius 3 is 2.72 bits per heavy atom. The van der Waals surface area contributed by atoms with Crippen LogP contribution in [-0.2, 0) is 9.84 Å². The maximum absolute atomic E-state index is 13.3. The van der Waals surface area contributed by atoms with Crippen molar-refractivity contribution in [2.75, 3.05) is 18.0 Å². The van der Waals surface area contributed by atoms with Gasteiger partial charge in [0.2, 0.25) is 14.9 Å². The van der Waals surface area contributed by atoms with Gasteiger partial charge in [0.15, 0.2) is 11.5 Å². The lowest BCUT2D eigenvalue weighted by Gasteiger charge is -2.32. The van der Waals surface area contributed by atoms with E-state index in [0.717, 1.165) is 41.1 Å². The summed E-state index contributed by atoms with van der Waals surface area (Å²) in [6.07, 6.45) is 2.31. The highest BCUT2D eigenvalue weighted by Gasteiger charge is 2.29. The number of rotatable bonds is 3. The second-order valence-corrected chi connectivity index (χ2v) is 10.5. The van der Waals surface area contributed by atoms with E-state index in [9.17, 15) is 8.42 Å². The average molecular weight is 428 g/mol. The number of piperidine rings is 1. The number of fused-ring (bicyclic) bond motifs is 3. The van der Waals surface area contributed by atoms with Gasteiger partial charge in [0.1, 0.15) is 0 Å². The standard InChI is InChI=1S/C20H21N5O2S2/c1-13-5-7-15(8-6-13)29(26,27)20-19-21-18(24-10-3-4-14(2)12-24)17-16(9-11-28-17)25(19)23-22-20/h5-9,11,14H,3-4,10,12H2,1-2H3/t14-/m1/s1. The average Bonchev–Trinajstić information content (AvgIpc) is 3.34. The third-order valence-electron chi connectivity index (χ3n) is 5.45. The summed E-state index contributed by atoms with van der Waals surface area (Å²) in [4.78, 5) is 7.26. The largest absolute Gasteiger partial charge is 0.355 e. The van der Waals surface area contributed by atoms with Gasteiger partial charge in [0.25, 0.3) is 0 Å². The fourth-order valence-corrected chi connectivity index (χ4v) is 6.03. The van der Waals surface area contributed by atoms with Crippen LogP contribution in [0.3, 0.4) is 0 Å². The summed E-state index contributed by atoms with van der Waals surface area (Å²) in [5, 5.41) is 10.1. The first-order chi connectivity index (χ1) is 13.9. The van der Waals surface area contributed by atoms with Crippen molar-refractivity contribution in [2.45, 2.75) is 36.6 Å². The lowest BCUT2D eigenvalue weighted by Crippen LogP contribution is -2.35. The molecule has 4 heterocycles. The Balaban J connectivity index is 1.72. The van der Waals surface area contributed by atoms with Gasteiger partial charge in [-0.1, -0.05) is 29.8 Å². The number of anilines is 1. The van der Waals surface area contributed by atoms with Crippen LogP contribution in [0.1, 0.15) is 25.3 Å². The summed E-state index contributed by atoms with van der Waals surface area (Å²) < 4.78 is 29.1. The predicted octanol–water partition coefficient (Wildman–Crippen LogP) is 3.72. The lowest BCUT2D eigenvalue weighted by atomic mass is 10.0. The normalized spacial score (nSPS) is 18.0. The van der Waals surface area contributed by atoms with Crippen LogP contribution in [0, 0.1) is 12.8 Å². The van der Waals surface area contributed by atoms with Crippen molar-refractivity contribution < 1.29 is 8.42 Å². The minimum atomic E-state index is -3.82. The van der Waals surface area contributed by atoms with E-state index < -0.39 is 9.84 Å². The second-order valence-electron chi connectivity index (χ2n) is 7.71. The van der Waals surface area contributed by atoms with Crippen LogP contribution in [0.2, 0.25) is 0 Å². The van der Waals surface area contributed by atoms with Gasteiger partial charge >= 0.3 is 0 Å². The lowest BCUT2D eigenvalue weighted by molar-refractivity contribution is 0.445. The molecule has 1 aliphatic heterocycles. The van der Waals surface area contributed by atoms with Crippen molar-refractivity contribution in [3.05, 3.63) is 41.3 Å². The number of nitrogens with zero attached hydrogens (tertiary/aromatic N) is 5. The monoisotopic (exact) mass is 427 g/mol. The van der Waals surface area contributed by atoms with Crippen LogP contribution in [0.5, 0.6) is 0 Å². The van der Waals surface area contributed by atoms with Crippen molar-refractivity contribution >= 4 is 42.9 Å². The molecule has 0 N–H and O–H groups in total. The molecule has 0 spiro atoms. The maximum Gasteiger partial charge on any atom is 0.229 e. The molecule has 5 rings (SSSR count). The SMILES string of the molecule is Cc1ccc(S(=O)(=O)c2nnn3c2nc(N2CCC[C@@H](C)C2)c2sccc23)cc1. The molecule has 0 amide bonds. The van der Waals surface area contributed by atoms with Gasteiger partial charge in [-0.2, -0.15) is 4.52 Å². The number of aryl methyl sites for hydroxylation is 1. The summed E-state index contributed by atoms with van der Waals surface area (Å²) in [5.41, 5.74) is 2.12.